The van der Waals surface area contributed by atoms with Crippen LogP contribution in [0.25, 0.3) is 0 Å². The van der Waals surface area contributed by atoms with Crippen LogP contribution < -0.4 is 0 Å². The van der Waals surface area contributed by atoms with Crippen molar-refractivity contribution in [2.45, 2.75) is 130 Å². The van der Waals surface area contributed by atoms with Crippen molar-refractivity contribution in [3.8, 4) is 0 Å². The second-order valence-electron chi connectivity index (χ2n) is 11.6. The lowest BCUT2D eigenvalue weighted by Gasteiger charge is -2.38. The summed E-state index contributed by atoms with van der Waals surface area (Å²) in [6.45, 7) is 9.68. The van der Waals surface area contributed by atoms with Gasteiger partial charge in [-0.25, -0.2) is 0 Å². The Hall–Kier alpha value is -1.06. The highest BCUT2D eigenvalue weighted by Crippen LogP contribution is 2.42. The number of unbranched alkanes of at least 4 members (excludes halogenated alkanes) is 2. The van der Waals surface area contributed by atoms with Gasteiger partial charge in [0.05, 0.1) is 25.0 Å². The molecule has 34 heavy (non-hydrogen) atoms. The summed E-state index contributed by atoms with van der Waals surface area (Å²) in [7, 11) is 0. The lowest BCUT2D eigenvalue weighted by Crippen LogP contribution is -2.43. The summed E-state index contributed by atoms with van der Waals surface area (Å²) in [5.41, 5.74) is 0. The van der Waals surface area contributed by atoms with Gasteiger partial charge in [-0.05, 0) is 62.2 Å². The minimum Gasteiger partial charge on any atom is -0.465 e. The van der Waals surface area contributed by atoms with Crippen molar-refractivity contribution in [3.05, 3.63) is 0 Å². The van der Waals surface area contributed by atoms with E-state index < -0.39 is 0 Å². The van der Waals surface area contributed by atoms with Gasteiger partial charge in [-0.1, -0.05) is 91.9 Å². The average molecular weight is 479 g/mol. The van der Waals surface area contributed by atoms with Gasteiger partial charge in [0, 0.05) is 0 Å². The standard InChI is InChI=1S/C30H54O4/c1-5-7-15-23(3)21-33-29(31)27(25-17-11-9-12-18-25)28(26-19-13-10-14-20-26)30(32)34-22-24(4)16-8-6-2/h23-28H,5-22H2,1-4H3. The summed E-state index contributed by atoms with van der Waals surface area (Å²) in [6, 6.07) is 0. The van der Waals surface area contributed by atoms with Gasteiger partial charge >= 0.3 is 11.9 Å². The van der Waals surface area contributed by atoms with Gasteiger partial charge in [-0.3, -0.25) is 9.59 Å². The van der Waals surface area contributed by atoms with E-state index in [2.05, 4.69) is 27.7 Å². The molecule has 0 amide bonds. The molecule has 4 heteroatoms. The molecule has 2 aliphatic carbocycles. The first-order valence-corrected chi connectivity index (χ1v) is 14.8. The van der Waals surface area contributed by atoms with E-state index in [9.17, 15) is 9.59 Å². The van der Waals surface area contributed by atoms with Crippen molar-refractivity contribution >= 4 is 11.9 Å². The van der Waals surface area contributed by atoms with Crippen LogP contribution in [0, 0.1) is 35.5 Å². The molecule has 0 spiro atoms. The molecule has 0 heterocycles. The first-order valence-electron chi connectivity index (χ1n) is 14.8. The summed E-state index contributed by atoms with van der Waals surface area (Å²) in [5, 5.41) is 0. The highest BCUT2D eigenvalue weighted by atomic mass is 16.5. The molecule has 2 saturated carbocycles. The number of rotatable bonds is 15. The van der Waals surface area contributed by atoms with Gasteiger partial charge in [0.1, 0.15) is 0 Å². The van der Waals surface area contributed by atoms with Crippen molar-refractivity contribution in [2.24, 2.45) is 35.5 Å². The summed E-state index contributed by atoms with van der Waals surface area (Å²) >= 11 is 0. The van der Waals surface area contributed by atoms with Crippen molar-refractivity contribution in [1.29, 1.82) is 0 Å². The zero-order valence-electron chi connectivity index (χ0n) is 22.8. The number of carbonyl (C=O) groups excluding carboxylic acids is 2. The lowest BCUT2D eigenvalue weighted by atomic mass is 9.67. The average Bonchev–Trinajstić information content (AvgIpc) is 2.87. The molecular weight excluding hydrogens is 424 g/mol. The topological polar surface area (TPSA) is 52.6 Å². The second kappa shape index (κ2) is 16.6. The summed E-state index contributed by atoms with van der Waals surface area (Å²) in [6.07, 6.45) is 18.1. The highest BCUT2D eigenvalue weighted by molar-refractivity contribution is 5.82. The van der Waals surface area contributed by atoms with Gasteiger partial charge in [0.25, 0.3) is 0 Å². The predicted octanol–water partition coefficient (Wildman–Crippen LogP) is 8.12. The van der Waals surface area contributed by atoms with Crippen LogP contribution in [0.3, 0.4) is 0 Å². The summed E-state index contributed by atoms with van der Waals surface area (Å²) in [5.74, 6) is 0.336. The van der Waals surface area contributed by atoms with Gasteiger partial charge in [0.15, 0.2) is 0 Å². The number of ether oxygens (including phenoxy) is 2. The van der Waals surface area contributed by atoms with E-state index in [0.717, 1.165) is 89.9 Å². The fourth-order valence-corrected chi connectivity index (χ4v) is 6.16. The third kappa shape index (κ3) is 9.90. The molecule has 0 N–H and O–H groups in total. The number of carbonyl (C=O) groups is 2. The minimum atomic E-state index is -0.333. The van der Waals surface area contributed by atoms with Crippen LogP contribution in [-0.2, 0) is 19.1 Å². The largest absolute Gasteiger partial charge is 0.465 e. The van der Waals surface area contributed by atoms with Gasteiger partial charge in [-0.15, -0.1) is 0 Å². The Bertz CT molecular complexity index is 512. The molecule has 2 aliphatic rings. The second-order valence-corrected chi connectivity index (χ2v) is 11.6. The van der Waals surface area contributed by atoms with E-state index in [4.69, 9.17) is 9.47 Å². The van der Waals surface area contributed by atoms with E-state index in [1.165, 1.54) is 12.8 Å². The maximum atomic E-state index is 13.7. The van der Waals surface area contributed by atoms with Crippen LogP contribution in [0.4, 0.5) is 0 Å². The zero-order valence-corrected chi connectivity index (χ0v) is 22.8. The summed E-state index contributed by atoms with van der Waals surface area (Å²) in [4.78, 5) is 27.3. The molecule has 198 valence electrons. The van der Waals surface area contributed by atoms with E-state index in [0.29, 0.717) is 25.0 Å². The fourth-order valence-electron chi connectivity index (χ4n) is 6.16. The molecule has 4 unspecified atom stereocenters. The molecule has 2 rings (SSSR count). The van der Waals surface area contributed by atoms with Crippen molar-refractivity contribution in [1.82, 2.24) is 0 Å². The van der Waals surface area contributed by atoms with Crippen LogP contribution in [-0.4, -0.2) is 25.2 Å². The van der Waals surface area contributed by atoms with E-state index in [-0.39, 0.29) is 35.6 Å². The Morgan fingerprint density at radius 1 is 0.647 bits per heavy atom. The molecule has 0 aromatic carbocycles. The third-order valence-electron chi connectivity index (χ3n) is 8.37. The molecular formula is C30H54O4. The minimum absolute atomic E-state index is 0.123. The summed E-state index contributed by atoms with van der Waals surface area (Å²) < 4.78 is 11.9. The van der Waals surface area contributed by atoms with Crippen molar-refractivity contribution in [3.63, 3.8) is 0 Å². The Kier molecular flexibility index (Phi) is 14.2. The molecule has 0 saturated heterocycles. The maximum absolute atomic E-state index is 13.7. The molecule has 0 radical (unpaired) electrons. The smallest absolute Gasteiger partial charge is 0.310 e. The fraction of sp³-hybridized carbons (Fsp3) is 0.933. The molecule has 0 aromatic heterocycles. The maximum Gasteiger partial charge on any atom is 0.310 e. The molecule has 0 aliphatic heterocycles. The van der Waals surface area contributed by atoms with Gasteiger partial charge in [0.2, 0.25) is 0 Å². The quantitative estimate of drug-likeness (QED) is 0.223. The van der Waals surface area contributed by atoms with E-state index in [1.807, 2.05) is 0 Å². The molecule has 4 atom stereocenters. The van der Waals surface area contributed by atoms with Crippen LogP contribution in [0.5, 0.6) is 0 Å². The van der Waals surface area contributed by atoms with Crippen molar-refractivity contribution in [2.75, 3.05) is 13.2 Å². The van der Waals surface area contributed by atoms with E-state index >= 15 is 0 Å². The number of esters is 2. The Labute approximate surface area is 210 Å². The number of hydrogen-bond donors (Lipinski definition) is 0. The number of hydrogen-bond acceptors (Lipinski definition) is 4. The normalized spacial score (nSPS) is 21.4. The first-order chi connectivity index (χ1) is 16.5. The van der Waals surface area contributed by atoms with Crippen LogP contribution >= 0.6 is 0 Å². The van der Waals surface area contributed by atoms with Crippen LogP contribution in [0.2, 0.25) is 0 Å². The SMILES string of the molecule is CCCCC(C)COC(=O)C(C1CCCCC1)C(C(=O)OCC(C)CCCC)C1CCCCC1. The highest BCUT2D eigenvalue weighted by Gasteiger charge is 2.45. The molecule has 4 nitrogen and oxygen atoms in total. The van der Waals surface area contributed by atoms with Crippen LogP contribution in [0.15, 0.2) is 0 Å². The van der Waals surface area contributed by atoms with Crippen LogP contribution in [0.1, 0.15) is 130 Å². The van der Waals surface area contributed by atoms with Gasteiger partial charge < -0.3 is 9.47 Å². The monoisotopic (exact) mass is 478 g/mol. The molecule has 0 bridgehead atoms. The Morgan fingerprint density at radius 3 is 1.32 bits per heavy atom. The zero-order chi connectivity index (χ0) is 24.8. The molecule has 0 aromatic rings. The molecule has 2 fully saturated rings. The van der Waals surface area contributed by atoms with E-state index in [1.54, 1.807) is 0 Å². The Balaban J connectivity index is 2.17. The van der Waals surface area contributed by atoms with Crippen molar-refractivity contribution < 1.29 is 19.1 Å². The van der Waals surface area contributed by atoms with Gasteiger partial charge in [-0.2, -0.15) is 0 Å². The Morgan fingerprint density at radius 2 is 1.00 bits per heavy atom. The first kappa shape index (κ1) is 29.2. The third-order valence-corrected chi connectivity index (χ3v) is 8.37. The lowest BCUT2D eigenvalue weighted by molar-refractivity contribution is -0.168. The predicted molar refractivity (Wildman–Crippen MR) is 139 cm³/mol.